The number of thioether (sulfide) groups is 1. The van der Waals surface area contributed by atoms with Crippen molar-refractivity contribution in [3.63, 3.8) is 0 Å². The fraction of sp³-hybridized carbons (Fsp3) is 0.391. The van der Waals surface area contributed by atoms with Gasteiger partial charge in [-0.1, -0.05) is 36.8 Å². The molecule has 1 N–H and O–H groups in total. The van der Waals surface area contributed by atoms with Gasteiger partial charge in [-0.25, -0.2) is 4.39 Å². The summed E-state index contributed by atoms with van der Waals surface area (Å²) in [4.78, 5) is 28.2. The van der Waals surface area contributed by atoms with Crippen molar-refractivity contribution in [2.45, 2.75) is 57.6 Å². The lowest BCUT2D eigenvalue weighted by atomic mass is 10.1. The number of nitrogens with zero attached hydrogens (tertiary/aromatic N) is 1. The number of hydrogen-bond donors (Lipinski definition) is 1. The molecule has 0 aliphatic rings. The molecular weight excluding hydrogens is 387 g/mol. The molecule has 0 unspecified atom stereocenters. The van der Waals surface area contributed by atoms with E-state index in [1.165, 1.54) is 23.9 Å². The van der Waals surface area contributed by atoms with Crippen LogP contribution in [-0.4, -0.2) is 34.6 Å². The molecule has 0 aromatic heterocycles. The van der Waals surface area contributed by atoms with Gasteiger partial charge in [-0.05, 0) is 57.0 Å². The molecule has 2 aromatic carbocycles. The second-order valence-electron chi connectivity index (χ2n) is 7.24. The molecule has 0 saturated carbocycles. The Bertz CT molecular complexity index is 809. The number of rotatable bonds is 9. The first-order valence-electron chi connectivity index (χ1n) is 9.84. The normalized spacial score (nSPS) is 12.9. The molecule has 2 aromatic rings. The zero-order valence-electron chi connectivity index (χ0n) is 17.4. The van der Waals surface area contributed by atoms with Crippen molar-refractivity contribution >= 4 is 23.6 Å². The maximum Gasteiger partial charge on any atom is 0.242 e. The first-order chi connectivity index (χ1) is 13.8. The molecule has 2 atom stereocenters. The van der Waals surface area contributed by atoms with Crippen LogP contribution < -0.4 is 5.32 Å². The van der Waals surface area contributed by atoms with Crippen LogP contribution in [0.3, 0.4) is 0 Å². The van der Waals surface area contributed by atoms with Crippen LogP contribution >= 0.6 is 11.8 Å². The molecular formula is C23H29FN2O2S. The zero-order valence-corrected chi connectivity index (χ0v) is 18.3. The van der Waals surface area contributed by atoms with Crippen LogP contribution in [0.2, 0.25) is 0 Å². The smallest absolute Gasteiger partial charge is 0.242 e. The minimum absolute atomic E-state index is 0.0367. The zero-order chi connectivity index (χ0) is 21.4. The van der Waals surface area contributed by atoms with Crippen molar-refractivity contribution in [3.8, 4) is 0 Å². The minimum Gasteiger partial charge on any atom is -0.352 e. The third-order valence-corrected chi connectivity index (χ3v) is 5.81. The highest BCUT2D eigenvalue weighted by molar-refractivity contribution is 8.00. The number of halogens is 1. The lowest BCUT2D eigenvalue weighted by Crippen LogP contribution is -2.50. The van der Waals surface area contributed by atoms with E-state index < -0.39 is 6.04 Å². The lowest BCUT2D eigenvalue weighted by molar-refractivity contribution is -0.138. The van der Waals surface area contributed by atoms with Gasteiger partial charge in [0.1, 0.15) is 11.9 Å². The van der Waals surface area contributed by atoms with Crippen molar-refractivity contribution < 1.29 is 14.0 Å². The Balaban J connectivity index is 2.13. The molecule has 0 radical (unpaired) electrons. The van der Waals surface area contributed by atoms with E-state index in [2.05, 4.69) is 5.32 Å². The highest BCUT2D eigenvalue weighted by Gasteiger charge is 2.26. The van der Waals surface area contributed by atoms with Crippen LogP contribution in [0, 0.1) is 12.7 Å². The van der Waals surface area contributed by atoms with E-state index in [9.17, 15) is 14.0 Å². The third-order valence-electron chi connectivity index (χ3n) is 4.82. The van der Waals surface area contributed by atoms with Gasteiger partial charge in [-0.3, -0.25) is 9.59 Å². The second kappa shape index (κ2) is 11.0. The predicted octanol–water partition coefficient (Wildman–Crippen LogP) is 4.56. The van der Waals surface area contributed by atoms with Crippen molar-refractivity contribution in [1.82, 2.24) is 10.2 Å². The number of benzene rings is 2. The topological polar surface area (TPSA) is 49.4 Å². The summed E-state index contributed by atoms with van der Waals surface area (Å²) in [5, 5.41) is 2.94. The van der Waals surface area contributed by atoms with E-state index >= 15 is 0 Å². The highest BCUT2D eigenvalue weighted by atomic mass is 32.2. The molecule has 0 fully saturated rings. The molecule has 4 nitrogen and oxygen atoms in total. The van der Waals surface area contributed by atoms with Crippen molar-refractivity contribution in [2.24, 2.45) is 0 Å². The quantitative estimate of drug-likeness (QED) is 0.610. The van der Waals surface area contributed by atoms with Gasteiger partial charge in [0.2, 0.25) is 11.8 Å². The van der Waals surface area contributed by atoms with E-state index in [0.717, 1.165) is 22.4 Å². The van der Waals surface area contributed by atoms with Gasteiger partial charge in [-0.2, -0.15) is 0 Å². The molecule has 156 valence electrons. The Labute approximate surface area is 176 Å². The lowest BCUT2D eigenvalue weighted by Gasteiger charge is -2.29. The molecule has 0 spiro atoms. The van der Waals surface area contributed by atoms with Gasteiger partial charge < -0.3 is 10.2 Å². The van der Waals surface area contributed by atoms with Crippen LogP contribution in [-0.2, 0) is 16.1 Å². The molecule has 6 heteroatoms. The van der Waals surface area contributed by atoms with Gasteiger partial charge in [0.25, 0.3) is 0 Å². The summed E-state index contributed by atoms with van der Waals surface area (Å²) in [5.41, 5.74) is 1.94. The minimum atomic E-state index is -0.625. The predicted molar refractivity (Wildman–Crippen MR) is 116 cm³/mol. The Morgan fingerprint density at radius 2 is 1.69 bits per heavy atom. The van der Waals surface area contributed by atoms with E-state index in [1.807, 2.05) is 45.0 Å². The average molecular weight is 417 g/mol. The van der Waals surface area contributed by atoms with E-state index in [0.29, 0.717) is 0 Å². The van der Waals surface area contributed by atoms with Crippen LogP contribution in [0.4, 0.5) is 4.39 Å². The van der Waals surface area contributed by atoms with E-state index in [1.54, 1.807) is 24.0 Å². The van der Waals surface area contributed by atoms with Gasteiger partial charge in [-0.15, -0.1) is 11.8 Å². The fourth-order valence-electron chi connectivity index (χ4n) is 2.70. The monoisotopic (exact) mass is 416 g/mol. The molecule has 0 aliphatic carbocycles. The highest BCUT2D eigenvalue weighted by Crippen LogP contribution is 2.20. The summed E-state index contributed by atoms with van der Waals surface area (Å²) in [5.74, 6) is -0.420. The standard InChI is InChI=1S/C23H29FN2O2S/c1-5-17(3)25-23(28)18(4)26(14-19-8-10-20(24)11-9-19)22(27)15-29-21-12-6-16(2)7-13-21/h6-13,17-18H,5,14-15H2,1-4H3,(H,25,28)/t17-,18+/m1/s1. The summed E-state index contributed by atoms with van der Waals surface area (Å²) >= 11 is 1.44. The first-order valence-corrected chi connectivity index (χ1v) is 10.8. The summed E-state index contributed by atoms with van der Waals surface area (Å²) in [6.07, 6.45) is 0.813. The maximum absolute atomic E-state index is 13.2. The largest absolute Gasteiger partial charge is 0.352 e. The molecule has 0 bridgehead atoms. The number of hydrogen-bond acceptors (Lipinski definition) is 3. The molecule has 29 heavy (non-hydrogen) atoms. The van der Waals surface area contributed by atoms with Gasteiger partial charge in [0, 0.05) is 17.5 Å². The molecule has 0 aliphatic heterocycles. The summed E-state index contributed by atoms with van der Waals surface area (Å²) in [6.45, 7) is 7.93. The third kappa shape index (κ3) is 7.20. The fourth-order valence-corrected chi connectivity index (χ4v) is 3.48. The Morgan fingerprint density at radius 3 is 2.28 bits per heavy atom. The number of aryl methyl sites for hydroxylation is 1. The summed E-state index contributed by atoms with van der Waals surface area (Å²) in [7, 11) is 0. The molecule has 2 amide bonds. The Hall–Kier alpha value is -2.34. The average Bonchev–Trinajstić information content (AvgIpc) is 2.72. The van der Waals surface area contributed by atoms with Gasteiger partial charge in [0.05, 0.1) is 5.75 Å². The molecule has 0 saturated heterocycles. The van der Waals surface area contributed by atoms with E-state index in [4.69, 9.17) is 0 Å². The van der Waals surface area contributed by atoms with Crippen LogP contribution in [0.15, 0.2) is 53.4 Å². The number of nitrogens with one attached hydrogen (secondary N) is 1. The first kappa shape index (κ1) is 22.9. The Kier molecular flexibility index (Phi) is 8.70. The van der Waals surface area contributed by atoms with Crippen molar-refractivity contribution in [2.75, 3.05) is 5.75 Å². The molecule has 2 rings (SSSR count). The maximum atomic E-state index is 13.2. The molecule has 0 heterocycles. The summed E-state index contributed by atoms with van der Waals surface area (Å²) in [6, 6.07) is 13.4. The Morgan fingerprint density at radius 1 is 1.07 bits per heavy atom. The van der Waals surface area contributed by atoms with E-state index in [-0.39, 0.29) is 36.0 Å². The number of amides is 2. The van der Waals surface area contributed by atoms with Crippen molar-refractivity contribution in [1.29, 1.82) is 0 Å². The summed E-state index contributed by atoms with van der Waals surface area (Å²) < 4.78 is 13.2. The van der Waals surface area contributed by atoms with Crippen LogP contribution in [0.5, 0.6) is 0 Å². The SMILES string of the molecule is CC[C@@H](C)NC(=O)[C@H](C)N(Cc1ccc(F)cc1)C(=O)CSc1ccc(C)cc1. The van der Waals surface area contributed by atoms with Gasteiger partial charge in [0.15, 0.2) is 0 Å². The van der Waals surface area contributed by atoms with Crippen molar-refractivity contribution in [3.05, 3.63) is 65.5 Å². The number of carbonyl (C=O) groups excluding carboxylic acids is 2. The van der Waals surface area contributed by atoms with Gasteiger partial charge >= 0.3 is 0 Å². The number of carbonyl (C=O) groups is 2. The van der Waals surface area contributed by atoms with Crippen LogP contribution in [0.1, 0.15) is 38.3 Å². The second-order valence-corrected chi connectivity index (χ2v) is 8.29. The van der Waals surface area contributed by atoms with Crippen LogP contribution in [0.25, 0.3) is 0 Å².